The first-order valence-electron chi connectivity index (χ1n) is 16.8. The number of amides is 1. The molecule has 9 nitrogen and oxygen atoms in total. The number of likely N-dealkylation sites (tertiary alicyclic amines) is 1. The van der Waals surface area contributed by atoms with Crippen molar-refractivity contribution in [3.63, 3.8) is 0 Å². The number of benzene rings is 2. The van der Waals surface area contributed by atoms with Gasteiger partial charge in [-0.15, -0.1) is 11.3 Å². The minimum Gasteiger partial charge on any atom is -0.461 e. The topological polar surface area (TPSA) is 112 Å². The average Bonchev–Trinajstić information content (AvgIpc) is 3.81. The average molecular weight is 732 g/mol. The number of alkyl halides is 4. The number of likely N-dealkylation sites (N-methyl/N-ethyl adjacent to an activating group) is 1. The minimum absolute atomic E-state index is 0.0180. The summed E-state index contributed by atoms with van der Waals surface area (Å²) < 4.78 is 97.9. The number of ether oxygens (including phenoxy) is 1. The maximum absolute atomic E-state index is 17.2. The molecule has 7 rings (SSSR count). The van der Waals surface area contributed by atoms with Gasteiger partial charge in [-0.2, -0.15) is 28.4 Å². The first-order valence-corrected chi connectivity index (χ1v) is 17.6. The zero-order chi connectivity index (χ0) is 36.6. The van der Waals surface area contributed by atoms with Crippen molar-refractivity contribution in [3.8, 4) is 23.2 Å². The second-order valence-corrected chi connectivity index (χ2v) is 14.6. The van der Waals surface area contributed by atoms with Crippen LogP contribution in [0.5, 0.6) is 6.01 Å². The molecule has 4 atom stereocenters. The molecule has 51 heavy (non-hydrogen) atoms. The number of nitrogens with zero attached hydrogens (tertiary/aromatic N) is 6. The summed E-state index contributed by atoms with van der Waals surface area (Å²) >= 11 is 0.681. The summed E-state index contributed by atoms with van der Waals surface area (Å²) in [5.41, 5.74) is 1.90. The molecule has 4 aromatic rings. The fraction of sp³-hybridized carbons (Fsp3) is 0.486. The molecule has 3 fully saturated rings. The summed E-state index contributed by atoms with van der Waals surface area (Å²) in [5, 5.41) is 9.24. The van der Waals surface area contributed by atoms with Crippen molar-refractivity contribution in [3.05, 3.63) is 41.0 Å². The third-order valence-corrected chi connectivity index (χ3v) is 11.8. The van der Waals surface area contributed by atoms with Crippen LogP contribution in [-0.2, 0) is 11.0 Å². The van der Waals surface area contributed by atoms with Gasteiger partial charge < -0.3 is 20.3 Å². The molecule has 0 radical (unpaired) electrons. The van der Waals surface area contributed by atoms with Crippen molar-refractivity contribution in [1.29, 1.82) is 5.26 Å². The van der Waals surface area contributed by atoms with E-state index in [1.807, 2.05) is 17.9 Å². The second kappa shape index (κ2) is 12.7. The van der Waals surface area contributed by atoms with E-state index in [4.69, 9.17) is 10.5 Å². The Labute approximate surface area is 293 Å². The molecule has 16 heteroatoms. The molecule has 2 N–H and O–H groups in total. The van der Waals surface area contributed by atoms with Crippen LogP contribution in [-0.4, -0.2) is 82.3 Å². The minimum atomic E-state index is -5.12. The molecule has 3 saturated heterocycles. The number of hydrogen-bond donors (Lipinski definition) is 1. The van der Waals surface area contributed by atoms with E-state index in [0.717, 1.165) is 24.6 Å². The van der Waals surface area contributed by atoms with Gasteiger partial charge in [0.25, 0.3) is 0 Å². The Kier molecular flexibility index (Phi) is 8.73. The molecule has 270 valence electrons. The Bertz CT molecular complexity index is 2100. The Morgan fingerprint density at radius 3 is 2.69 bits per heavy atom. The van der Waals surface area contributed by atoms with Crippen LogP contribution in [0.3, 0.4) is 0 Å². The number of nitrogens with two attached hydrogens (primary N) is 1. The van der Waals surface area contributed by atoms with Gasteiger partial charge in [0.05, 0.1) is 27.4 Å². The van der Waals surface area contributed by atoms with Crippen molar-refractivity contribution >= 4 is 49.1 Å². The molecule has 0 unspecified atom stereocenters. The number of carbonyl (C=O) groups excluding carboxylic acids is 1. The summed E-state index contributed by atoms with van der Waals surface area (Å²) in [6, 6.07) is 3.46. The van der Waals surface area contributed by atoms with Crippen LogP contribution in [0.1, 0.15) is 57.6 Å². The van der Waals surface area contributed by atoms with Gasteiger partial charge in [0.2, 0.25) is 5.91 Å². The largest absolute Gasteiger partial charge is 0.461 e. The van der Waals surface area contributed by atoms with E-state index in [0.29, 0.717) is 37.3 Å². The second-order valence-electron chi connectivity index (χ2n) is 13.5. The fourth-order valence-electron chi connectivity index (χ4n) is 8.44. The molecule has 3 aliphatic rings. The van der Waals surface area contributed by atoms with Crippen LogP contribution in [0.4, 0.5) is 37.2 Å². The Balaban J connectivity index is 1.47. The molecule has 0 aliphatic carbocycles. The molecular formula is C35H35F6N7O2S. The highest BCUT2D eigenvalue weighted by Crippen LogP contribution is 2.48. The van der Waals surface area contributed by atoms with Gasteiger partial charge in [-0.3, -0.25) is 9.69 Å². The molecule has 0 saturated carbocycles. The predicted octanol–water partition coefficient (Wildman–Crippen LogP) is 7.05. The summed E-state index contributed by atoms with van der Waals surface area (Å²) in [6.07, 6.45) is -3.97. The highest BCUT2D eigenvalue weighted by atomic mass is 32.1. The van der Waals surface area contributed by atoms with E-state index < -0.39 is 52.2 Å². The molecular weight excluding hydrogens is 696 g/mol. The Morgan fingerprint density at radius 2 is 2.02 bits per heavy atom. The number of nitriles is 1. The number of anilines is 2. The van der Waals surface area contributed by atoms with Crippen molar-refractivity contribution < 1.29 is 35.9 Å². The van der Waals surface area contributed by atoms with Crippen molar-refractivity contribution in [1.82, 2.24) is 19.8 Å². The number of rotatable bonds is 7. The van der Waals surface area contributed by atoms with Crippen LogP contribution >= 0.6 is 11.3 Å². The van der Waals surface area contributed by atoms with Crippen LogP contribution in [0, 0.1) is 23.0 Å². The van der Waals surface area contributed by atoms with Gasteiger partial charge in [0.1, 0.15) is 41.0 Å². The monoisotopic (exact) mass is 731 g/mol. The Morgan fingerprint density at radius 1 is 1.25 bits per heavy atom. The standard InChI is InChI=1S/C35H35F6N7O2S/c1-4-47(25-8-11-48(17(25)2)18(3)49)32-21-12-23(35(39,40)41)27(20-6-7-24(37)30-26(20)22(14-42)31(43)51-30)28(38)29(21)44-33(45-32)50-16-34-9-5-10-46(34)15-19(36)13-34/h6-7,12,17,19,25H,4-5,8-11,13,15-16,43H2,1-3H3/t17-,19+,25+,34-/m0/s1. The van der Waals surface area contributed by atoms with Gasteiger partial charge in [-0.1, -0.05) is 6.07 Å². The summed E-state index contributed by atoms with van der Waals surface area (Å²) in [5.74, 6) is -2.38. The van der Waals surface area contributed by atoms with Crippen molar-refractivity contribution in [2.24, 2.45) is 0 Å². The number of halogens is 6. The van der Waals surface area contributed by atoms with Crippen LogP contribution in [0.15, 0.2) is 18.2 Å². The molecule has 0 spiro atoms. The third-order valence-electron chi connectivity index (χ3n) is 10.8. The molecule has 1 amide bonds. The highest BCUT2D eigenvalue weighted by Gasteiger charge is 2.49. The van der Waals surface area contributed by atoms with E-state index in [9.17, 15) is 18.8 Å². The first kappa shape index (κ1) is 35.1. The van der Waals surface area contributed by atoms with Gasteiger partial charge in [0, 0.05) is 55.4 Å². The smallest absolute Gasteiger partial charge is 0.417 e. The number of nitrogen functional groups attached to an aromatic ring is 1. The van der Waals surface area contributed by atoms with Crippen molar-refractivity contribution in [2.75, 3.05) is 43.4 Å². The van der Waals surface area contributed by atoms with E-state index in [-0.39, 0.29) is 81.5 Å². The number of thiophene rings is 1. The predicted molar refractivity (Wildman–Crippen MR) is 181 cm³/mol. The van der Waals surface area contributed by atoms with Crippen LogP contribution in [0.2, 0.25) is 0 Å². The maximum Gasteiger partial charge on any atom is 0.417 e. The lowest BCUT2D eigenvalue weighted by atomic mass is 9.92. The van der Waals surface area contributed by atoms with Gasteiger partial charge in [-0.25, -0.2) is 13.2 Å². The zero-order valence-corrected chi connectivity index (χ0v) is 28.9. The lowest BCUT2D eigenvalue weighted by Gasteiger charge is -2.34. The number of fused-ring (bicyclic) bond motifs is 3. The molecule has 2 aromatic heterocycles. The van der Waals surface area contributed by atoms with E-state index in [2.05, 4.69) is 9.97 Å². The lowest BCUT2D eigenvalue weighted by molar-refractivity contribution is -0.137. The molecule has 0 bridgehead atoms. The van der Waals surface area contributed by atoms with Gasteiger partial charge in [0.15, 0.2) is 5.82 Å². The molecule has 2 aromatic carbocycles. The normalized spacial score (nSPS) is 23.7. The SMILES string of the molecule is CCN(c1nc(OC[C@@]23CCCN2C[C@H](F)C3)nc2c(F)c(-c3ccc(F)c4sc(N)c(C#N)c34)c(C(F)(F)F)cc12)[C@@H]1CCN(C(C)=O)[C@H]1C. The van der Waals surface area contributed by atoms with E-state index in [1.165, 1.54) is 6.92 Å². The van der Waals surface area contributed by atoms with Gasteiger partial charge in [-0.05, 0) is 57.4 Å². The first-order chi connectivity index (χ1) is 24.2. The lowest BCUT2D eigenvalue weighted by Crippen LogP contribution is -2.45. The number of aromatic nitrogens is 2. The molecule has 5 heterocycles. The third kappa shape index (κ3) is 5.69. The Hall–Kier alpha value is -4.36. The van der Waals surface area contributed by atoms with Crippen molar-refractivity contribution in [2.45, 2.75) is 76.4 Å². The number of hydrogen-bond acceptors (Lipinski definition) is 9. The summed E-state index contributed by atoms with van der Waals surface area (Å²) in [4.78, 5) is 26.7. The zero-order valence-electron chi connectivity index (χ0n) is 28.1. The summed E-state index contributed by atoms with van der Waals surface area (Å²) in [7, 11) is 0. The molecule has 3 aliphatic heterocycles. The highest BCUT2D eigenvalue weighted by molar-refractivity contribution is 7.23. The fourth-order valence-corrected chi connectivity index (χ4v) is 9.39. The van der Waals surface area contributed by atoms with Crippen LogP contribution < -0.4 is 15.4 Å². The van der Waals surface area contributed by atoms with E-state index >= 15 is 17.6 Å². The quantitative estimate of drug-likeness (QED) is 0.202. The number of carbonyl (C=O) groups is 1. The van der Waals surface area contributed by atoms with Gasteiger partial charge >= 0.3 is 12.2 Å². The van der Waals surface area contributed by atoms with E-state index in [1.54, 1.807) is 16.7 Å². The van der Waals surface area contributed by atoms with Crippen LogP contribution in [0.25, 0.3) is 32.1 Å². The summed E-state index contributed by atoms with van der Waals surface area (Å²) in [6.45, 7) is 6.62. The maximum atomic E-state index is 17.2.